The van der Waals surface area contributed by atoms with Crippen LogP contribution in [0.4, 0.5) is 0 Å². The van der Waals surface area contributed by atoms with Gasteiger partial charge in [0.05, 0.1) is 18.5 Å². The van der Waals surface area contributed by atoms with E-state index in [1.807, 2.05) is 54.6 Å². The fraction of sp³-hybridized carbons (Fsp3) is 0.0870. The van der Waals surface area contributed by atoms with Crippen molar-refractivity contribution >= 4 is 5.91 Å². The first-order valence-electron chi connectivity index (χ1n) is 9.18. The van der Waals surface area contributed by atoms with Crippen LogP contribution in [0.15, 0.2) is 89.8 Å². The first-order valence-corrected chi connectivity index (χ1v) is 9.18. The zero-order valence-corrected chi connectivity index (χ0v) is 15.6. The number of furan rings is 1. The summed E-state index contributed by atoms with van der Waals surface area (Å²) < 4.78 is 11.0. The molecule has 0 radical (unpaired) electrons. The van der Waals surface area contributed by atoms with Crippen molar-refractivity contribution in [2.24, 2.45) is 0 Å². The lowest BCUT2D eigenvalue weighted by Gasteiger charge is -2.09. The maximum absolute atomic E-state index is 12.2. The third kappa shape index (κ3) is 4.68. The molecule has 0 aliphatic rings. The van der Waals surface area contributed by atoms with Gasteiger partial charge in [0, 0.05) is 12.4 Å². The number of benzene rings is 2. The highest BCUT2D eigenvalue weighted by molar-refractivity contribution is 5.77. The van der Waals surface area contributed by atoms with E-state index in [-0.39, 0.29) is 19.1 Å². The standard InChI is InChI=1S/C23H19N3O3/c27-22(26-15-20-23(25-13-12-24-20)21-7-4-14-28-21)16-29-19-10-8-18(9-11-19)17-5-2-1-3-6-17/h1-14H,15-16H2,(H,26,27). The van der Waals surface area contributed by atoms with Crippen LogP contribution < -0.4 is 10.1 Å². The number of rotatable bonds is 7. The molecule has 1 amide bonds. The molecule has 2 heterocycles. The molecule has 4 aromatic rings. The first kappa shape index (κ1) is 18.4. The monoisotopic (exact) mass is 385 g/mol. The second kappa shape index (κ2) is 8.84. The van der Waals surface area contributed by atoms with E-state index in [4.69, 9.17) is 9.15 Å². The van der Waals surface area contributed by atoms with E-state index < -0.39 is 0 Å². The summed E-state index contributed by atoms with van der Waals surface area (Å²) in [4.78, 5) is 20.7. The van der Waals surface area contributed by atoms with Crippen LogP contribution in [0.1, 0.15) is 5.69 Å². The maximum Gasteiger partial charge on any atom is 0.258 e. The number of carbonyl (C=O) groups excluding carboxylic acids is 1. The number of nitrogens with zero attached hydrogens (tertiary/aromatic N) is 2. The van der Waals surface area contributed by atoms with Crippen LogP contribution in [0.25, 0.3) is 22.6 Å². The molecule has 0 atom stereocenters. The molecular weight excluding hydrogens is 366 g/mol. The Balaban J connectivity index is 1.31. The number of ether oxygens (including phenoxy) is 1. The van der Waals surface area contributed by atoms with Gasteiger partial charge in [-0.1, -0.05) is 42.5 Å². The molecule has 0 aliphatic heterocycles. The number of hydrogen-bond donors (Lipinski definition) is 1. The maximum atomic E-state index is 12.2. The van der Waals surface area contributed by atoms with Crippen LogP contribution in [0.3, 0.4) is 0 Å². The largest absolute Gasteiger partial charge is 0.484 e. The minimum atomic E-state index is -0.242. The summed E-state index contributed by atoms with van der Waals surface area (Å²) in [5.41, 5.74) is 3.46. The Morgan fingerprint density at radius 3 is 2.41 bits per heavy atom. The van der Waals surface area contributed by atoms with Gasteiger partial charge in [-0.15, -0.1) is 0 Å². The molecule has 2 aromatic heterocycles. The van der Waals surface area contributed by atoms with Gasteiger partial charge in [-0.2, -0.15) is 0 Å². The van der Waals surface area contributed by atoms with Gasteiger partial charge in [0.25, 0.3) is 5.91 Å². The molecule has 0 aliphatic carbocycles. The van der Waals surface area contributed by atoms with E-state index in [1.165, 1.54) is 0 Å². The summed E-state index contributed by atoms with van der Waals surface area (Å²) >= 11 is 0. The van der Waals surface area contributed by atoms with Gasteiger partial charge in [0.15, 0.2) is 12.4 Å². The highest BCUT2D eigenvalue weighted by Gasteiger charge is 2.11. The molecule has 0 bridgehead atoms. The highest BCUT2D eigenvalue weighted by atomic mass is 16.5. The van der Waals surface area contributed by atoms with E-state index in [2.05, 4.69) is 15.3 Å². The van der Waals surface area contributed by atoms with Gasteiger partial charge in [0.2, 0.25) is 0 Å². The van der Waals surface area contributed by atoms with Crippen molar-refractivity contribution in [3.63, 3.8) is 0 Å². The van der Waals surface area contributed by atoms with Crippen LogP contribution in [0.2, 0.25) is 0 Å². The first-order chi connectivity index (χ1) is 14.3. The lowest BCUT2D eigenvalue weighted by molar-refractivity contribution is -0.123. The quantitative estimate of drug-likeness (QED) is 0.518. The van der Waals surface area contributed by atoms with E-state index in [0.29, 0.717) is 22.9 Å². The summed E-state index contributed by atoms with van der Waals surface area (Å²) in [6.07, 6.45) is 4.74. The average molecular weight is 385 g/mol. The lowest BCUT2D eigenvalue weighted by Crippen LogP contribution is -2.29. The Bertz CT molecular complexity index is 1060. The van der Waals surface area contributed by atoms with Crippen LogP contribution in [-0.4, -0.2) is 22.5 Å². The van der Waals surface area contributed by atoms with Gasteiger partial charge in [0.1, 0.15) is 11.4 Å². The van der Waals surface area contributed by atoms with Crippen molar-refractivity contribution in [1.82, 2.24) is 15.3 Å². The number of hydrogen-bond acceptors (Lipinski definition) is 5. The van der Waals surface area contributed by atoms with Gasteiger partial charge >= 0.3 is 0 Å². The van der Waals surface area contributed by atoms with Crippen LogP contribution in [-0.2, 0) is 11.3 Å². The van der Waals surface area contributed by atoms with Gasteiger partial charge in [-0.3, -0.25) is 9.78 Å². The van der Waals surface area contributed by atoms with E-state index >= 15 is 0 Å². The Morgan fingerprint density at radius 2 is 1.66 bits per heavy atom. The molecular formula is C23H19N3O3. The average Bonchev–Trinajstić information content (AvgIpc) is 3.32. The molecule has 144 valence electrons. The van der Waals surface area contributed by atoms with Crippen LogP contribution >= 0.6 is 0 Å². The van der Waals surface area contributed by atoms with Crippen LogP contribution in [0, 0.1) is 0 Å². The molecule has 0 spiro atoms. The predicted octanol–water partition coefficient (Wildman–Crippen LogP) is 4.10. The highest BCUT2D eigenvalue weighted by Crippen LogP contribution is 2.22. The van der Waals surface area contributed by atoms with Gasteiger partial charge in [-0.05, 0) is 35.4 Å². The topological polar surface area (TPSA) is 77.2 Å². The Labute approximate surface area is 168 Å². The molecule has 4 rings (SSSR count). The third-order valence-corrected chi connectivity index (χ3v) is 4.31. The number of nitrogens with one attached hydrogen (secondary N) is 1. The van der Waals surface area contributed by atoms with Gasteiger partial charge < -0.3 is 14.5 Å². The van der Waals surface area contributed by atoms with Crippen molar-refractivity contribution in [2.45, 2.75) is 6.54 Å². The number of aromatic nitrogens is 2. The van der Waals surface area contributed by atoms with Crippen LogP contribution in [0.5, 0.6) is 5.75 Å². The van der Waals surface area contributed by atoms with E-state index in [1.54, 1.807) is 30.8 Å². The zero-order chi connectivity index (χ0) is 19.9. The van der Waals surface area contributed by atoms with Crippen molar-refractivity contribution in [3.05, 3.63) is 91.1 Å². The summed E-state index contributed by atoms with van der Waals surface area (Å²) in [7, 11) is 0. The van der Waals surface area contributed by atoms with Gasteiger partial charge in [-0.25, -0.2) is 4.98 Å². The molecule has 6 heteroatoms. The van der Waals surface area contributed by atoms with Crippen molar-refractivity contribution in [3.8, 4) is 28.3 Å². The lowest BCUT2D eigenvalue weighted by atomic mass is 10.1. The predicted molar refractivity (Wildman–Crippen MR) is 109 cm³/mol. The molecule has 6 nitrogen and oxygen atoms in total. The van der Waals surface area contributed by atoms with Crippen molar-refractivity contribution in [2.75, 3.05) is 6.61 Å². The second-order valence-electron chi connectivity index (χ2n) is 6.28. The summed E-state index contributed by atoms with van der Waals surface area (Å²) in [6, 6.07) is 21.3. The molecule has 29 heavy (non-hydrogen) atoms. The smallest absolute Gasteiger partial charge is 0.258 e. The normalized spacial score (nSPS) is 10.5. The van der Waals surface area contributed by atoms with E-state index in [9.17, 15) is 4.79 Å². The summed E-state index contributed by atoms with van der Waals surface area (Å²) in [5.74, 6) is 1.00. The Kier molecular flexibility index (Phi) is 5.62. The van der Waals surface area contributed by atoms with Crippen molar-refractivity contribution < 1.29 is 13.9 Å². The molecule has 0 saturated heterocycles. The molecule has 0 fully saturated rings. The molecule has 1 N–H and O–H groups in total. The second-order valence-corrected chi connectivity index (χ2v) is 6.28. The SMILES string of the molecule is O=C(COc1ccc(-c2ccccc2)cc1)NCc1nccnc1-c1ccco1. The Hall–Kier alpha value is -3.93. The minimum absolute atomic E-state index is 0.0823. The fourth-order valence-corrected chi connectivity index (χ4v) is 2.87. The zero-order valence-electron chi connectivity index (χ0n) is 15.6. The summed E-state index contributed by atoms with van der Waals surface area (Å²) in [6.45, 7) is 0.153. The Morgan fingerprint density at radius 1 is 0.897 bits per heavy atom. The fourth-order valence-electron chi connectivity index (χ4n) is 2.87. The van der Waals surface area contributed by atoms with Crippen molar-refractivity contribution in [1.29, 1.82) is 0 Å². The summed E-state index contributed by atoms with van der Waals surface area (Å²) in [5, 5.41) is 2.80. The molecule has 2 aromatic carbocycles. The molecule has 0 unspecified atom stereocenters. The molecule has 0 saturated carbocycles. The van der Waals surface area contributed by atoms with E-state index in [0.717, 1.165) is 11.1 Å². The number of carbonyl (C=O) groups is 1. The third-order valence-electron chi connectivity index (χ3n) is 4.31. The number of amides is 1. The minimum Gasteiger partial charge on any atom is -0.484 e.